The summed E-state index contributed by atoms with van der Waals surface area (Å²) >= 11 is 1.68. The molecule has 0 aliphatic carbocycles. The maximum absolute atomic E-state index is 11.4. The van der Waals surface area contributed by atoms with Gasteiger partial charge in [0.05, 0.1) is 18.8 Å². The summed E-state index contributed by atoms with van der Waals surface area (Å²) in [5.41, 5.74) is 6.09. The Kier molecular flexibility index (Phi) is 8.78. The van der Waals surface area contributed by atoms with E-state index in [1.165, 1.54) is 6.92 Å². The highest BCUT2D eigenvalue weighted by Crippen LogP contribution is 2.39. The minimum Gasteiger partial charge on any atom is -0.392 e. The van der Waals surface area contributed by atoms with Crippen molar-refractivity contribution in [2.45, 2.75) is 50.2 Å². The number of imidazole rings is 1. The molecule has 2 N–H and O–H groups in total. The summed E-state index contributed by atoms with van der Waals surface area (Å²) in [6, 6.07) is 24.3. The number of aromatic nitrogens is 2. The van der Waals surface area contributed by atoms with Crippen LogP contribution in [0.25, 0.3) is 11.1 Å². The average molecular weight is 544 g/mol. The summed E-state index contributed by atoms with van der Waals surface area (Å²) in [6.45, 7) is 2.02. The minimum atomic E-state index is -0.517. The van der Waals surface area contributed by atoms with Gasteiger partial charge in [0.1, 0.15) is 0 Å². The van der Waals surface area contributed by atoms with Crippen molar-refractivity contribution in [3.63, 3.8) is 0 Å². The Morgan fingerprint density at radius 2 is 1.79 bits per heavy atom. The fourth-order valence-electron chi connectivity index (χ4n) is 4.68. The molecule has 3 aromatic carbocycles. The van der Waals surface area contributed by atoms with Gasteiger partial charge in [-0.15, -0.1) is 0 Å². The van der Waals surface area contributed by atoms with Crippen molar-refractivity contribution in [3.8, 4) is 11.1 Å². The Morgan fingerprint density at radius 3 is 2.49 bits per heavy atom. The SMILES string of the molecule is CC(=O)NCc1ccccc1-c1ccc([C@@H]2O[C@H](CSc3nccn3C)C[C@H](c3ccc(CO)cc3)O2)cc1. The van der Waals surface area contributed by atoms with E-state index in [0.717, 1.165) is 50.7 Å². The molecule has 1 fully saturated rings. The number of aliphatic hydroxyl groups excluding tert-OH is 1. The Bertz CT molecular complexity index is 1390. The third kappa shape index (κ3) is 6.78. The summed E-state index contributed by atoms with van der Waals surface area (Å²) in [7, 11) is 1.99. The van der Waals surface area contributed by atoms with E-state index in [1.807, 2.05) is 60.3 Å². The standard InChI is InChI=1S/C31H33N3O4S/c1-21(36)33-18-26-5-3-4-6-28(26)23-11-13-25(14-12-23)30-37-27(20-39-31-32-15-16-34(31)2)17-29(38-30)24-9-7-22(19-35)8-10-24/h3-16,27,29-30,35H,17-20H2,1-2H3,(H,33,36)/t27-,29+,30+/m0/s1. The molecule has 0 spiro atoms. The van der Waals surface area contributed by atoms with Crippen LogP contribution in [-0.4, -0.2) is 32.4 Å². The molecule has 7 nitrogen and oxygen atoms in total. The quantitative estimate of drug-likeness (QED) is 0.269. The number of hydrogen-bond donors (Lipinski definition) is 2. The molecular weight excluding hydrogens is 510 g/mol. The summed E-state index contributed by atoms with van der Waals surface area (Å²) in [5.74, 6) is 0.702. The van der Waals surface area contributed by atoms with Crippen LogP contribution in [0.4, 0.5) is 0 Å². The molecule has 1 amide bonds. The lowest BCUT2D eigenvalue weighted by Gasteiger charge is -2.36. The number of aryl methyl sites for hydroxylation is 1. The first-order chi connectivity index (χ1) is 19.0. The zero-order valence-corrected chi connectivity index (χ0v) is 22.9. The van der Waals surface area contributed by atoms with E-state index in [2.05, 4.69) is 40.6 Å². The molecule has 0 unspecified atom stereocenters. The predicted octanol–water partition coefficient (Wildman–Crippen LogP) is 5.55. The van der Waals surface area contributed by atoms with E-state index in [-0.39, 0.29) is 24.7 Å². The van der Waals surface area contributed by atoms with Crippen LogP contribution in [0.1, 0.15) is 48.0 Å². The van der Waals surface area contributed by atoms with Gasteiger partial charge < -0.3 is 24.5 Å². The van der Waals surface area contributed by atoms with Crippen molar-refractivity contribution in [2.75, 3.05) is 5.75 Å². The Labute approximate surface area is 233 Å². The van der Waals surface area contributed by atoms with E-state index in [1.54, 1.807) is 18.0 Å². The molecule has 3 atom stereocenters. The Morgan fingerprint density at radius 1 is 1.05 bits per heavy atom. The van der Waals surface area contributed by atoms with Crippen LogP contribution in [0.2, 0.25) is 0 Å². The molecule has 1 aromatic heterocycles. The van der Waals surface area contributed by atoms with Gasteiger partial charge in [-0.25, -0.2) is 4.98 Å². The number of rotatable bonds is 9. The first kappa shape index (κ1) is 27.1. The van der Waals surface area contributed by atoms with Crippen LogP contribution < -0.4 is 5.32 Å². The van der Waals surface area contributed by atoms with Crippen molar-refractivity contribution in [1.82, 2.24) is 14.9 Å². The van der Waals surface area contributed by atoms with Crippen molar-refractivity contribution in [2.24, 2.45) is 7.05 Å². The molecule has 0 saturated carbocycles. The number of nitrogens with one attached hydrogen (secondary N) is 1. The van der Waals surface area contributed by atoms with Crippen molar-refractivity contribution in [3.05, 3.63) is 107 Å². The molecule has 1 aliphatic rings. The second kappa shape index (κ2) is 12.6. The molecule has 4 aromatic rings. The average Bonchev–Trinajstić information content (AvgIpc) is 3.39. The van der Waals surface area contributed by atoms with Crippen LogP contribution in [0, 0.1) is 0 Å². The highest BCUT2D eigenvalue weighted by atomic mass is 32.2. The molecule has 0 bridgehead atoms. The van der Waals surface area contributed by atoms with Crippen LogP contribution in [-0.2, 0) is 34.5 Å². The van der Waals surface area contributed by atoms with E-state index in [0.29, 0.717) is 6.54 Å². The molecule has 0 radical (unpaired) electrons. The number of carbonyl (C=O) groups is 1. The number of thioether (sulfide) groups is 1. The zero-order chi connectivity index (χ0) is 27.2. The lowest BCUT2D eigenvalue weighted by atomic mass is 9.98. The van der Waals surface area contributed by atoms with Gasteiger partial charge in [-0.2, -0.15) is 0 Å². The maximum atomic E-state index is 11.4. The van der Waals surface area contributed by atoms with Gasteiger partial charge in [-0.3, -0.25) is 4.79 Å². The van der Waals surface area contributed by atoms with Gasteiger partial charge in [0.25, 0.3) is 0 Å². The third-order valence-electron chi connectivity index (χ3n) is 6.83. The Balaban J connectivity index is 1.36. The first-order valence-electron chi connectivity index (χ1n) is 13.0. The molecule has 8 heteroatoms. The third-order valence-corrected chi connectivity index (χ3v) is 8.02. The lowest BCUT2D eigenvalue weighted by Crippen LogP contribution is -2.31. The minimum absolute atomic E-state index is 0.0146. The smallest absolute Gasteiger partial charge is 0.217 e. The fraction of sp³-hybridized carbons (Fsp3) is 0.290. The number of nitrogens with zero attached hydrogens (tertiary/aromatic N) is 2. The molecular formula is C31H33N3O4S. The van der Waals surface area contributed by atoms with Crippen LogP contribution >= 0.6 is 11.8 Å². The monoisotopic (exact) mass is 543 g/mol. The van der Waals surface area contributed by atoms with Crippen molar-refractivity contribution >= 4 is 17.7 Å². The van der Waals surface area contributed by atoms with Crippen LogP contribution in [0.15, 0.2) is 90.3 Å². The highest BCUT2D eigenvalue weighted by Gasteiger charge is 2.32. The number of hydrogen-bond acceptors (Lipinski definition) is 6. The normalized spacial score (nSPS) is 19.1. The summed E-state index contributed by atoms with van der Waals surface area (Å²) in [5, 5.41) is 13.3. The molecule has 5 rings (SSSR count). The van der Waals surface area contributed by atoms with Crippen molar-refractivity contribution in [1.29, 1.82) is 0 Å². The number of benzene rings is 3. The molecule has 39 heavy (non-hydrogen) atoms. The maximum Gasteiger partial charge on any atom is 0.217 e. The fourth-order valence-corrected chi connectivity index (χ4v) is 5.63. The number of aliphatic hydroxyl groups is 1. The topological polar surface area (TPSA) is 85.6 Å². The molecule has 1 aliphatic heterocycles. The van der Waals surface area contributed by atoms with Gasteiger partial charge in [0.2, 0.25) is 5.91 Å². The predicted molar refractivity (Wildman–Crippen MR) is 152 cm³/mol. The highest BCUT2D eigenvalue weighted by molar-refractivity contribution is 7.99. The molecule has 1 saturated heterocycles. The van der Waals surface area contributed by atoms with Gasteiger partial charge in [-0.1, -0.05) is 84.6 Å². The molecule has 202 valence electrons. The van der Waals surface area contributed by atoms with E-state index >= 15 is 0 Å². The summed E-state index contributed by atoms with van der Waals surface area (Å²) in [4.78, 5) is 15.9. The van der Waals surface area contributed by atoms with E-state index in [4.69, 9.17) is 9.47 Å². The first-order valence-corrected chi connectivity index (χ1v) is 14.0. The number of amides is 1. The lowest BCUT2D eigenvalue weighted by molar-refractivity contribution is -0.245. The Hall–Kier alpha value is -3.43. The number of carbonyl (C=O) groups excluding carboxylic acids is 1. The summed E-state index contributed by atoms with van der Waals surface area (Å²) < 4.78 is 15.0. The largest absolute Gasteiger partial charge is 0.392 e. The second-order valence-electron chi connectivity index (χ2n) is 9.67. The molecule has 2 heterocycles. The van der Waals surface area contributed by atoms with E-state index < -0.39 is 6.29 Å². The van der Waals surface area contributed by atoms with Crippen molar-refractivity contribution < 1.29 is 19.4 Å². The van der Waals surface area contributed by atoms with E-state index in [9.17, 15) is 9.90 Å². The van der Waals surface area contributed by atoms with Gasteiger partial charge in [0, 0.05) is 50.6 Å². The summed E-state index contributed by atoms with van der Waals surface area (Å²) in [6.07, 6.45) is 3.78. The second-order valence-corrected chi connectivity index (χ2v) is 10.7. The van der Waals surface area contributed by atoms with Crippen LogP contribution in [0.5, 0.6) is 0 Å². The van der Waals surface area contributed by atoms with Gasteiger partial charge >= 0.3 is 0 Å². The van der Waals surface area contributed by atoms with Gasteiger partial charge in [0.15, 0.2) is 11.4 Å². The van der Waals surface area contributed by atoms with Crippen LogP contribution in [0.3, 0.4) is 0 Å². The number of ether oxygens (including phenoxy) is 2. The zero-order valence-electron chi connectivity index (χ0n) is 22.1. The van der Waals surface area contributed by atoms with Gasteiger partial charge in [-0.05, 0) is 27.8 Å².